The molecular formula is C19H25N11O8S2. The van der Waals surface area contributed by atoms with Gasteiger partial charge in [0.15, 0.2) is 16.8 Å². The number of hydrogen-bond acceptors (Lipinski definition) is 13. The third kappa shape index (κ3) is 5.94. The molecule has 19 nitrogen and oxygen atoms in total. The molecule has 216 valence electrons. The van der Waals surface area contributed by atoms with Crippen LogP contribution < -0.4 is 22.5 Å². The number of nitrogens with zero attached hydrogens (tertiary/aromatic N) is 7. The Bertz CT molecular complexity index is 1470. The van der Waals surface area contributed by atoms with Crippen LogP contribution in [-0.4, -0.2) is 89.5 Å². The van der Waals surface area contributed by atoms with Gasteiger partial charge in [-0.3, -0.25) is 14.1 Å². The van der Waals surface area contributed by atoms with Crippen LogP contribution in [0.15, 0.2) is 21.7 Å². The quantitative estimate of drug-likeness (QED) is 0.0508. The number of β-lactam (4-membered cyclic amide) rings is 1. The van der Waals surface area contributed by atoms with E-state index >= 15 is 0 Å². The number of carboxylic acid groups (broad SMARTS) is 1. The van der Waals surface area contributed by atoms with E-state index in [1.54, 1.807) is 0 Å². The second-order valence-corrected chi connectivity index (χ2v) is 11.1. The van der Waals surface area contributed by atoms with Gasteiger partial charge in [0.25, 0.3) is 11.8 Å². The van der Waals surface area contributed by atoms with Gasteiger partial charge in [0.05, 0.1) is 25.3 Å². The molecule has 2 aromatic rings. The van der Waals surface area contributed by atoms with Crippen molar-refractivity contribution in [3.8, 4) is 0 Å². The van der Waals surface area contributed by atoms with Crippen molar-refractivity contribution in [1.29, 1.82) is 0 Å². The molecule has 2 fully saturated rings. The highest BCUT2D eigenvalue weighted by molar-refractivity contribution is 7.84. The zero-order valence-corrected chi connectivity index (χ0v) is 22.2. The van der Waals surface area contributed by atoms with E-state index < -0.39 is 51.5 Å². The highest BCUT2D eigenvalue weighted by Crippen LogP contribution is 2.34. The van der Waals surface area contributed by atoms with Gasteiger partial charge in [-0.25, -0.2) is 23.8 Å². The van der Waals surface area contributed by atoms with Crippen LogP contribution in [0, 0.1) is 0 Å². The predicted molar refractivity (Wildman–Crippen MR) is 137 cm³/mol. The summed E-state index contributed by atoms with van der Waals surface area (Å²) < 4.78 is 34.7. The molecule has 1 aliphatic carbocycles. The molecule has 2 aliphatic rings. The molecule has 1 saturated heterocycles. The third-order valence-corrected chi connectivity index (χ3v) is 7.80. The van der Waals surface area contributed by atoms with Gasteiger partial charge < -0.3 is 32.5 Å². The third-order valence-electron chi connectivity index (χ3n) is 6.18. The lowest BCUT2D eigenvalue weighted by Gasteiger charge is -2.43. The molecule has 0 spiro atoms. The van der Waals surface area contributed by atoms with Crippen LogP contribution in [-0.2, 0) is 42.6 Å². The van der Waals surface area contributed by atoms with Gasteiger partial charge in [-0.05, 0) is 12.8 Å². The lowest BCUT2D eigenvalue weighted by molar-refractivity contribution is -0.165. The zero-order chi connectivity index (χ0) is 29.2. The van der Waals surface area contributed by atoms with Gasteiger partial charge in [-0.1, -0.05) is 10.4 Å². The number of hydrogen-bond donors (Lipinski definition) is 6. The first-order valence-corrected chi connectivity index (χ1v) is 13.9. The minimum absolute atomic E-state index is 0.0253. The van der Waals surface area contributed by atoms with Crippen LogP contribution in [0.25, 0.3) is 0 Å². The van der Waals surface area contributed by atoms with Crippen molar-refractivity contribution >= 4 is 56.2 Å². The second kappa shape index (κ2) is 11.0. The van der Waals surface area contributed by atoms with E-state index in [1.165, 1.54) is 16.3 Å². The smallest absolute Gasteiger partial charge is 0.362 e. The Hall–Kier alpha value is -4.37. The summed E-state index contributed by atoms with van der Waals surface area (Å²) in [4.78, 5) is 51.0. The summed E-state index contributed by atoms with van der Waals surface area (Å²) in [5, 5.41) is 24.9. The summed E-state index contributed by atoms with van der Waals surface area (Å²) in [7, 11) is -5.01. The average Bonchev–Trinajstić information content (AvgIpc) is 3.62. The number of aromatic nitrogens is 4. The molecule has 4 rings (SSSR count). The summed E-state index contributed by atoms with van der Waals surface area (Å²) in [5.74, 6) is -3.62. The number of guanidine groups is 1. The molecule has 0 bridgehead atoms. The molecule has 40 heavy (non-hydrogen) atoms. The van der Waals surface area contributed by atoms with E-state index in [9.17, 15) is 32.5 Å². The van der Waals surface area contributed by atoms with Gasteiger partial charge >= 0.3 is 16.3 Å². The van der Waals surface area contributed by atoms with Gasteiger partial charge in [-0.2, -0.15) is 8.42 Å². The predicted octanol–water partition coefficient (Wildman–Crippen LogP) is -2.59. The van der Waals surface area contributed by atoms with Crippen molar-refractivity contribution in [2.45, 2.75) is 56.5 Å². The molecule has 3 heterocycles. The summed E-state index contributed by atoms with van der Waals surface area (Å²) in [6.45, 7) is -0.345. The SMILES string of the molecule is NC(N)=NCc1cn(C[C@@H]2[C@H](NC(=O)/C(=N\OC3(C(=O)O)CCCC3)c3csc(N)n3)C(=O)N2S(=O)(=O)O)nn1. The van der Waals surface area contributed by atoms with Crippen LogP contribution in [0.5, 0.6) is 0 Å². The van der Waals surface area contributed by atoms with Gasteiger partial charge in [-0.15, -0.1) is 16.4 Å². The van der Waals surface area contributed by atoms with Crippen molar-refractivity contribution in [3.63, 3.8) is 0 Å². The Morgan fingerprint density at radius 3 is 2.58 bits per heavy atom. The number of carbonyl (C=O) groups is 3. The van der Waals surface area contributed by atoms with Crippen LogP contribution in [0.1, 0.15) is 37.1 Å². The van der Waals surface area contributed by atoms with Gasteiger partial charge in [0.2, 0.25) is 5.60 Å². The molecule has 2 atom stereocenters. The van der Waals surface area contributed by atoms with E-state index in [-0.39, 0.29) is 47.0 Å². The summed E-state index contributed by atoms with van der Waals surface area (Å²) in [6.07, 6.45) is 2.85. The Balaban J connectivity index is 1.58. The average molecular weight is 600 g/mol. The first-order chi connectivity index (χ1) is 18.8. The molecule has 0 aromatic carbocycles. The number of thiazole rings is 1. The minimum atomic E-state index is -5.01. The molecule has 2 amide bonds. The lowest BCUT2D eigenvalue weighted by Crippen LogP contribution is -2.73. The van der Waals surface area contributed by atoms with Crippen LogP contribution in [0.2, 0.25) is 0 Å². The Morgan fingerprint density at radius 1 is 1.30 bits per heavy atom. The Kier molecular flexibility index (Phi) is 7.88. The minimum Gasteiger partial charge on any atom is -0.478 e. The van der Waals surface area contributed by atoms with Crippen molar-refractivity contribution in [3.05, 3.63) is 23.0 Å². The number of anilines is 1. The van der Waals surface area contributed by atoms with E-state index in [4.69, 9.17) is 22.0 Å². The highest BCUT2D eigenvalue weighted by atomic mass is 32.2. The number of aliphatic imine (C=N–C) groups is 1. The lowest BCUT2D eigenvalue weighted by atomic mass is 9.98. The standard InChI is InChI=1S/C19H25N11O8S2/c20-17(21)23-5-9-6-29(28-26-9)7-11-13(15(32)30(11)40(35,36)37)25-14(31)12(10-8-39-18(22)24-10)27-38-19(16(33)34)3-1-2-4-19/h6,8,11,13H,1-5,7H2,(H2,22,24)(H,25,31)(H,33,34)(H4,20,21,23)(H,35,36,37)/b27-12-/t11-,13+/m1/s1. The fourth-order valence-electron chi connectivity index (χ4n) is 4.24. The number of nitrogens with two attached hydrogens (primary N) is 3. The number of carboxylic acids is 1. The van der Waals surface area contributed by atoms with Crippen LogP contribution >= 0.6 is 11.3 Å². The number of nitrogen functional groups attached to an aromatic ring is 1. The number of oxime groups is 1. The molecule has 21 heteroatoms. The fourth-order valence-corrected chi connectivity index (χ4v) is 5.66. The van der Waals surface area contributed by atoms with E-state index in [1.807, 2.05) is 0 Å². The van der Waals surface area contributed by atoms with Gasteiger partial charge in [0.1, 0.15) is 17.4 Å². The van der Waals surface area contributed by atoms with Gasteiger partial charge in [0, 0.05) is 18.2 Å². The summed E-state index contributed by atoms with van der Waals surface area (Å²) in [6, 6.07) is -2.80. The molecule has 9 N–H and O–H groups in total. The van der Waals surface area contributed by atoms with E-state index in [0.717, 1.165) is 11.3 Å². The number of amides is 2. The molecule has 1 aliphatic heterocycles. The van der Waals surface area contributed by atoms with Crippen molar-refractivity contribution in [2.24, 2.45) is 21.6 Å². The van der Waals surface area contributed by atoms with E-state index in [2.05, 4.69) is 30.8 Å². The van der Waals surface area contributed by atoms with Crippen molar-refractivity contribution in [1.82, 2.24) is 29.6 Å². The van der Waals surface area contributed by atoms with Crippen molar-refractivity contribution < 1.29 is 37.3 Å². The first-order valence-electron chi connectivity index (χ1n) is 11.6. The highest BCUT2D eigenvalue weighted by Gasteiger charge is 2.54. The Labute approximate surface area is 229 Å². The van der Waals surface area contributed by atoms with Crippen LogP contribution in [0.3, 0.4) is 0 Å². The molecular weight excluding hydrogens is 574 g/mol. The normalized spacial score (nSPS) is 20.6. The Morgan fingerprint density at radius 2 is 2.00 bits per heavy atom. The molecule has 0 unspecified atom stereocenters. The summed E-state index contributed by atoms with van der Waals surface area (Å²) in [5.41, 5.74) is 14.4. The fraction of sp³-hybridized carbons (Fsp3) is 0.474. The second-order valence-electron chi connectivity index (χ2n) is 8.91. The largest absolute Gasteiger partial charge is 0.478 e. The summed E-state index contributed by atoms with van der Waals surface area (Å²) >= 11 is 0.970. The zero-order valence-electron chi connectivity index (χ0n) is 20.6. The van der Waals surface area contributed by atoms with Crippen LogP contribution in [0.4, 0.5) is 5.13 Å². The van der Waals surface area contributed by atoms with E-state index in [0.29, 0.717) is 18.5 Å². The monoisotopic (exact) mass is 599 g/mol. The maximum absolute atomic E-state index is 13.3. The number of aliphatic carboxylic acids is 1. The molecule has 0 radical (unpaired) electrons. The maximum Gasteiger partial charge on any atom is 0.362 e. The molecule has 2 aromatic heterocycles. The number of nitrogens with one attached hydrogen (secondary N) is 1. The number of rotatable bonds is 11. The number of carbonyl (C=O) groups excluding carboxylic acids is 2. The van der Waals surface area contributed by atoms with Crippen molar-refractivity contribution in [2.75, 3.05) is 5.73 Å². The molecule has 1 saturated carbocycles. The first kappa shape index (κ1) is 28.6. The maximum atomic E-state index is 13.3. The topological polar surface area (TPSA) is 297 Å².